The Morgan fingerprint density at radius 3 is 2.69 bits per heavy atom. The number of hydrogen-bond donors (Lipinski definition) is 1. The highest BCUT2D eigenvalue weighted by molar-refractivity contribution is 6.31. The van der Waals surface area contributed by atoms with Crippen molar-refractivity contribution in [2.24, 2.45) is 0 Å². The molecule has 1 aliphatic carbocycles. The van der Waals surface area contributed by atoms with Gasteiger partial charge in [-0.15, -0.1) is 0 Å². The third-order valence-electron chi connectivity index (χ3n) is 2.58. The lowest BCUT2D eigenvalue weighted by molar-refractivity contribution is 0.151. The van der Waals surface area contributed by atoms with Crippen molar-refractivity contribution >= 4 is 11.6 Å². The summed E-state index contributed by atoms with van der Waals surface area (Å²) in [6.45, 7) is 1.99. The Bertz CT molecular complexity index is 329. The summed E-state index contributed by atoms with van der Waals surface area (Å²) in [6.07, 6.45) is 2.65. The molecule has 1 saturated carbocycles. The van der Waals surface area contributed by atoms with Crippen molar-refractivity contribution in [3.05, 3.63) is 34.3 Å². The first-order valence-electron chi connectivity index (χ1n) is 4.56. The molecule has 1 nitrogen and oxygen atoms in total. The van der Waals surface area contributed by atoms with E-state index in [0.29, 0.717) is 0 Å². The molecular formula is C11H13ClO. The van der Waals surface area contributed by atoms with Crippen molar-refractivity contribution in [1.29, 1.82) is 0 Å². The van der Waals surface area contributed by atoms with Gasteiger partial charge in [0.2, 0.25) is 0 Å². The smallest absolute Gasteiger partial charge is 0.0690 e. The van der Waals surface area contributed by atoms with Crippen LogP contribution in [0.2, 0.25) is 5.02 Å². The quantitative estimate of drug-likeness (QED) is 0.771. The summed E-state index contributed by atoms with van der Waals surface area (Å²) in [5.74, 6) is 0. The number of aryl methyl sites for hydroxylation is 1. The van der Waals surface area contributed by atoms with Gasteiger partial charge >= 0.3 is 0 Å². The molecule has 0 unspecified atom stereocenters. The number of rotatable bonds is 2. The van der Waals surface area contributed by atoms with Crippen molar-refractivity contribution in [3.63, 3.8) is 0 Å². The van der Waals surface area contributed by atoms with Crippen LogP contribution in [-0.4, -0.2) is 10.7 Å². The molecule has 0 saturated heterocycles. The number of aliphatic hydroxyl groups is 1. The Balaban J connectivity index is 2.17. The molecule has 0 spiro atoms. The third kappa shape index (κ3) is 2.04. The maximum Gasteiger partial charge on any atom is 0.0690 e. The van der Waals surface area contributed by atoms with E-state index in [1.54, 1.807) is 0 Å². The highest BCUT2D eigenvalue weighted by Crippen LogP contribution is 2.38. The van der Waals surface area contributed by atoms with Crippen LogP contribution in [0.1, 0.15) is 24.0 Å². The standard InChI is InChI=1S/C11H13ClO/c1-8-6-9(2-3-10(8)12)7-11(13)4-5-11/h2-3,6,13H,4-5,7H2,1H3. The fraction of sp³-hybridized carbons (Fsp3) is 0.455. The SMILES string of the molecule is Cc1cc(CC2(O)CC2)ccc1Cl. The first-order chi connectivity index (χ1) is 6.09. The van der Waals surface area contributed by atoms with E-state index >= 15 is 0 Å². The monoisotopic (exact) mass is 196 g/mol. The summed E-state index contributed by atoms with van der Waals surface area (Å²) in [6, 6.07) is 5.95. The minimum Gasteiger partial charge on any atom is -0.390 e. The highest BCUT2D eigenvalue weighted by atomic mass is 35.5. The van der Waals surface area contributed by atoms with Gasteiger partial charge in [0.1, 0.15) is 0 Å². The zero-order chi connectivity index (χ0) is 9.47. The summed E-state index contributed by atoms with van der Waals surface area (Å²) in [4.78, 5) is 0. The van der Waals surface area contributed by atoms with Gasteiger partial charge in [-0.2, -0.15) is 0 Å². The minimum absolute atomic E-state index is 0.403. The lowest BCUT2D eigenvalue weighted by atomic mass is 10.0. The second kappa shape index (κ2) is 3.00. The summed E-state index contributed by atoms with van der Waals surface area (Å²) in [5, 5.41) is 10.5. The Labute approximate surface area is 83.3 Å². The van der Waals surface area contributed by atoms with Crippen LogP contribution >= 0.6 is 11.6 Å². The fourth-order valence-electron chi connectivity index (χ4n) is 1.52. The van der Waals surface area contributed by atoms with E-state index in [2.05, 4.69) is 6.07 Å². The van der Waals surface area contributed by atoms with Gasteiger partial charge in [-0.25, -0.2) is 0 Å². The fourth-order valence-corrected chi connectivity index (χ4v) is 1.64. The van der Waals surface area contributed by atoms with E-state index in [4.69, 9.17) is 11.6 Å². The summed E-state index contributed by atoms with van der Waals surface area (Å²) in [7, 11) is 0. The maximum atomic E-state index is 9.71. The zero-order valence-electron chi connectivity index (χ0n) is 7.68. The Morgan fingerprint density at radius 2 is 2.15 bits per heavy atom. The molecule has 70 valence electrons. The van der Waals surface area contributed by atoms with Crippen LogP contribution in [0.5, 0.6) is 0 Å². The molecule has 1 N–H and O–H groups in total. The lowest BCUT2D eigenvalue weighted by Crippen LogP contribution is -2.10. The zero-order valence-corrected chi connectivity index (χ0v) is 8.43. The summed E-state index contributed by atoms with van der Waals surface area (Å²) < 4.78 is 0. The van der Waals surface area contributed by atoms with E-state index in [1.807, 2.05) is 19.1 Å². The average Bonchev–Trinajstić information content (AvgIpc) is 2.76. The largest absolute Gasteiger partial charge is 0.390 e. The van der Waals surface area contributed by atoms with Crippen LogP contribution in [0.4, 0.5) is 0 Å². The molecule has 0 heterocycles. The summed E-state index contributed by atoms with van der Waals surface area (Å²) >= 11 is 5.91. The molecule has 1 aliphatic rings. The minimum atomic E-state index is -0.403. The summed E-state index contributed by atoms with van der Waals surface area (Å²) in [5.41, 5.74) is 1.87. The first-order valence-corrected chi connectivity index (χ1v) is 4.94. The van der Waals surface area contributed by atoms with Crippen LogP contribution in [0, 0.1) is 6.92 Å². The van der Waals surface area contributed by atoms with Gasteiger partial charge in [-0.05, 0) is 37.0 Å². The molecule has 0 bridgehead atoms. The van der Waals surface area contributed by atoms with Gasteiger partial charge in [-0.1, -0.05) is 23.7 Å². The van der Waals surface area contributed by atoms with Gasteiger partial charge in [0, 0.05) is 11.4 Å². The molecule has 2 rings (SSSR count). The molecular weight excluding hydrogens is 184 g/mol. The van der Waals surface area contributed by atoms with E-state index < -0.39 is 5.60 Å². The Kier molecular flexibility index (Phi) is 2.09. The van der Waals surface area contributed by atoms with E-state index in [9.17, 15) is 5.11 Å². The Morgan fingerprint density at radius 1 is 1.46 bits per heavy atom. The molecule has 0 amide bonds. The van der Waals surface area contributed by atoms with Gasteiger partial charge in [0.15, 0.2) is 0 Å². The van der Waals surface area contributed by atoms with Crippen molar-refractivity contribution in [1.82, 2.24) is 0 Å². The molecule has 0 aliphatic heterocycles. The maximum absolute atomic E-state index is 9.71. The molecule has 13 heavy (non-hydrogen) atoms. The molecule has 0 radical (unpaired) electrons. The molecule has 1 aromatic rings. The number of benzene rings is 1. The van der Waals surface area contributed by atoms with Gasteiger partial charge < -0.3 is 5.11 Å². The first kappa shape index (κ1) is 9.04. The van der Waals surface area contributed by atoms with Crippen LogP contribution in [0.25, 0.3) is 0 Å². The van der Waals surface area contributed by atoms with Crippen LogP contribution < -0.4 is 0 Å². The normalized spacial score (nSPS) is 18.7. The van der Waals surface area contributed by atoms with Crippen molar-refractivity contribution in [2.75, 3.05) is 0 Å². The van der Waals surface area contributed by atoms with E-state index in [1.165, 1.54) is 5.56 Å². The van der Waals surface area contributed by atoms with Crippen molar-refractivity contribution < 1.29 is 5.11 Å². The number of halogens is 1. The van der Waals surface area contributed by atoms with Crippen LogP contribution in [-0.2, 0) is 6.42 Å². The Hall–Kier alpha value is -0.530. The van der Waals surface area contributed by atoms with E-state index in [0.717, 1.165) is 29.8 Å². The van der Waals surface area contributed by atoms with Gasteiger partial charge in [-0.3, -0.25) is 0 Å². The third-order valence-corrected chi connectivity index (χ3v) is 3.01. The molecule has 0 atom stereocenters. The second-order valence-corrected chi connectivity index (χ2v) is 4.39. The van der Waals surface area contributed by atoms with Crippen molar-refractivity contribution in [2.45, 2.75) is 31.8 Å². The van der Waals surface area contributed by atoms with Gasteiger partial charge in [0.25, 0.3) is 0 Å². The van der Waals surface area contributed by atoms with Crippen molar-refractivity contribution in [3.8, 4) is 0 Å². The molecule has 1 fully saturated rings. The number of hydrogen-bond acceptors (Lipinski definition) is 1. The molecule has 1 aromatic carbocycles. The second-order valence-electron chi connectivity index (χ2n) is 3.98. The average molecular weight is 197 g/mol. The van der Waals surface area contributed by atoms with Crippen LogP contribution in [0.15, 0.2) is 18.2 Å². The van der Waals surface area contributed by atoms with E-state index in [-0.39, 0.29) is 0 Å². The topological polar surface area (TPSA) is 20.2 Å². The lowest BCUT2D eigenvalue weighted by Gasteiger charge is -2.08. The van der Waals surface area contributed by atoms with Gasteiger partial charge in [0.05, 0.1) is 5.60 Å². The van der Waals surface area contributed by atoms with Crippen LogP contribution in [0.3, 0.4) is 0 Å². The molecule has 2 heteroatoms. The molecule has 0 aromatic heterocycles. The predicted molar refractivity (Wildman–Crippen MR) is 54.1 cm³/mol. The predicted octanol–water partition coefficient (Wildman–Crippen LogP) is 2.72. The highest BCUT2D eigenvalue weighted by Gasteiger charge is 2.40.